The maximum absolute atomic E-state index is 6.15. The molecule has 1 heterocycles. The van der Waals surface area contributed by atoms with Crippen molar-refractivity contribution < 1.29 is 4.65 Å². The highest BCUT2D eigenvalue weighted by Gasteiger charge is 2.33. The molecule has 4 heteroatoms. The smallest absolute Gasteiger partial charge is 0.309 e. The first kappa shape index (κ1) is 15.1. The Morgan fingerprint density at radius 3 is 2.40 bits per heavy atom. The molecule has 0 amide bonds. The lowest BCUT2D eigenvalue weighted by Crippen LogP contribution is -2.42. The second kappa shape index (κ2) is 4.92. The lowest BCUT2D eigenvalue weighted by molar-refractivity contribution is 0.00504. The lowest BCUT2D eigenvalue weighted by atomic mass is 9.76. The van der Waals surface area contributed by atoms with Gasteiger partial charge in [0.25, 0.3) is 0 Å². The topological polar surface area (TPSA) is 27.1 Å². The average Bonchev–Trinajstić information content (AvgIpc) is 2.61. The van der Waals surface area contributed by atoms with E-state index < -0.39 is 0 Å². The molecule has 0 saturated carbocycles. The van der Waals surface area contributed by atoms with Gasteiger partial charge in [-0.2, -0.15) is 5.10 Å². The summed E-state index contributed by atoms with van der Waals surface area (Å²) >= 11 is 0. The van der Waals surface area contributed by atoms with E-state index in [1.165, 1.54) is 10.8 Å². The number of hydrogen-bond acceptors (Lipinski definition) is 2. The largest absolute Gasteiger partial charge is 0.429 e. The molecule has 0 aliphatic carbocycles. The summed E-state index contributed by atoms with van der Waals surface area (Å²) in [7, 11) is 2.61. The number of nitrogens with zero attached hydrogens (tertiary/aromatic N) is 2. The minimum atomic E-state index is -0.162. The fraction of sp³-hybridized carbons (Fsp3) is 0.562. The molecule has 20 heavy (non-hydrogen) atoms. The van der Waals surface area contributed by atoms with Crippen LogP contribution in [0.5, 0.6) is 0 Å². The SMILES string of the molecule is Cc1nn(C)c2cc(BOC(C)(C)C(C)(C)C)ccc12. The molecule has 3 nitrogen and oxygen atoms in total. The molecule has 0 atom stereocenters. The summed E-state index contributed by atoms with van der Waals surface area (Å²) in [6, 6.07) is 6.45. The van der Waals surface area contributed by atoms with Gasteiger partial charge in [-0.25, -0.2) is 0 Å². The predicted octanol–water partition coefficient (Wildman–Crippen LogP) is 2.70. The minimum absolute atomic E-state index is 0.111. The van der Waals surface area contributed by atoms with E-state index in [1.54, 1.807) is 0 Å². The Bertz CT molecular complexity index is 623. The Morgan fingerprint density at radius 2 is 1.80 bits per heavy atom. The van der Waals surface area contributed by atoms with Crippen LogP contribution < -0.4 is 5.46 Å². The van der Waals surface area contributed by atoms with Gasteiger partial charge in [-0.3, -0.25) is 4.68 Å². The molecule has 1 aromatic carbocycles. The van der Waals surface area contributed by atoms with Crippen molar-refractivity contribution in [1.82, 2.24) is 9.78 Å². The van der Waals surface area contributed by atoms with Crippen LogP contribution in [0, 0.1) is 12.3 Å². The number of rotatable bonds is 3. The molecule has 0 aliphatic rings. The third kappa shape index (κ3) is 2.75. The maximum atomic E-state index is 6.15. The van der Waals surface area contributed by atoms with Crippen LogP contribution in [0.4, 0.5) is 0 Å². The second-order valence-corrected chi connectivity index (χ2v) is 7.11. The average molecular weight is 272 g/mol. The molecule has 0 fully saturated rings. The summed E-state index contributed by atoms with van der Waals surface area (Å²) < 4.78 is 8.08. The van der Waals surface area contributed by atoms with Gasteiger partial charge in [0, 0.05) is 12.4 Å². The summed E-state index contributed by atoms with van der Waals surface area (Å²) in [5, 5.41) is 5.67. The van der Waals surface area contributed by atoms with Crippen molar-refractivity contribution in [2.75, 3.05) is 0 Å². The van der Waals surface area contributed by atoms with Crippen LogP contribution in [0.2, 0.25) is 0 Å². The minimum Gasteiger partial charge on any atom is -0.429 e. The summed E-state index contributed by atoms with van der Waals surface area (Å²) in [6.07, 6.45) is 0. The van der Waals surface area contributed by atoms with Crippen molar-refractivity contribution in [2.45, 2.75) is 47.1 Å². The van der Waals surface area contributed by atoms with Crippen LogP contribution in [0.15, 0.2) is 18.2 Å². The molecule has 1 aromatic heterocycles. The van der Waals surface area contributed by atoms with Crippen molar-refractivity contribution in [3.63, 3.8) is 0 Å². The molecule has 0 saturated heterocycles. The quantitative estimate of drug-likeness (QED) is 0.803. The molecule has 108 valence electrons. The third-order valence-electron chi connectivity index (χ3n) is 4.51. The van der Waals surface area contributed by atoms with E-state index in [0.29, 0.717) is 7.48 Å². The highest BCUT2D eigenvalue weighted by molar-refractivity contribution is 6.47. The molecule has 0 N–H and O–H groups in total. The zero-order valence-corrected chi connectivity index (χ0v) is 13.7. The number of aromatic nitrogens is 2. The van der Waals surface area contributed by atoms with Crippen molar-refractivity contribution >= 4 is 23.8 Å². The van der Waals surface area contributed by atoms with Gasteiger partial charge >= 0.3 is 7.48 Å². The molecule has 0 unspecified atom stereocenters. The first-order chi connectivity index (χ1) is 9.12. The number of fused-ring (bicyclic) bond motifs is 1. The van der Waals surface area contributed by atoms with Gasteiger partial charge in [-0.05, 0) is 32.3 Å². The van der Waals surface area contributed by atoms with E-state index in [-0.39, 0.29) is 11.0 Å². The lowest BCUT2D eigenvalue weighted by Gasteiger charge is -2.39. The van der Waals surface area contributed by atoms with Gasteiger partial charge in [0.2, 0.25) is 0 Å². The van der Waals surface area contributed by atoms with Crippen LogP contribution in [0.3, 0.4) is 0 Å². The van der Waals surface area contributed by atoms with Crippen LogP contribution in [0.1, 0.15) is 40.3 Å². The summed E-state index contributed by atoms with van der Waals surface area (Å²) in [5.41, 5.74) is 3.38. The summed E-state index contributed by atoms with van der Waals surface area (Å²) in [6.45, 7) is 13.0. The Hall–Kier alpha value is -1.29. The summed E-state index contributed by atoms with van der Waals surface area (Å²) in [4.78, 5) is 0. The molecule has 0 aliphatic heterocycles. The Balaban J connectivity index is 2.21. The van der Waals surface area contributed by atoms with Crippen molar-refractivity contribution in [3.8, 4) is 0 Å². The van der Waals surface area contributed by atoms with E-state index in [2.05, 4.69) is 57.9 Å². The van der Waals surface area contributed by atoms with Gasteiger partial charge in [-0.1, -0.05) is 38.4 Å². The zero-order valence-electron chi connectivity index (χ0n) is 13.7. The van der Waals surface area contributed by atoms with Gasteiger partial charge in [0.15, 0.2) is 0 Å². The van der Waals surface area contributed by atoms with E-state index in [4.69, 9.17) is 4.65 Å². The third-order valence-corrected chi connectivity index (χ3v) is 4.51. The molecule has 0 bridgehead atoms. The number of aryl methyl sites for hydroxylation is 2. The zero-order chi connectivity index (χ0) is 15.1. The maximum Gasteiger partial charge on any atom is 0.309 e. The van der Waals surface area contributed by atoms with Crippen LogP contribution in [-0.4, -0.2) is 22.9 Å². The van der Waals surface area contributed by atoms with E-state index in [0.717, 1.165) is 11.2 Å². The van der Waals surface area contributed by atoms with Gasteiger partial charge in [-0.15, -0.1) is 0 Å². The fourth-order valence-electron chi connectivity index (χ4n) is 2.05. The summed E-state index contributed by atoms with van der Waals surface area (Å²) in [5.74, 6) is 0. The Kier molecular flexibility index (Phi) is 3.72. The molecular weight excluding hydrogens is 247 g/mol. The number of benzene rings is 1. The standard InChI is InChI=1S/C16H25BN2O/c1-11-13-9-8-12(10-14(13)19(7)18-11)17-20-16(5,6)15(2,3)4/h8-10,17H,1-7H3. The Labute approximate surface area is 122 Å². The molecule has 0 radical (unpaired) electrons. The number of hydrogen-bond donors (Lipinski definition) is 0. The first-order valence-corrected chi connectivity index (χ1v) is 7.18. The van der Waals surface area contributed by atoms with E-state index >= 15 is 0 Å². The van der Waals surface area contributed by atoms with Crippen LogP contribution in [0.25, 0.3) is 10.9 Å². The van der Waals surface area contributed by atoms with Crippen molar-refractivity contribution in [3.05, 3.63) is 23.9 Å². The van der Waals surface area contributed by atoms with Gasteiger partial charge in [0.1, 0.15) is 0 Å². The van der Waals surface area contributed by atoms with Crippen molar-refractivity contribution in [1.29, 1.82) is 0 Å². The van der Waals surface area contributed by atoms with Crippen LogP contribution >= 0.6 is 0 Å². The van der Waals surface area contributed by atoms with Gasteiger partial charge in [0.05, 0.1) is 16.8 Å². The molecule has 0 spiro atoms. The second-order valence-electron chi connectivity index (χ2n) is 7.11. The van der Waals surface area contributed by atoms with Crippen molar-refractivity contribution in [2.24, 2.45) is 12.5 Å². The normalized spacial score (nSPS) is 12.9. The Morgan fingerprint density at radius 1 is 1.15 bits per heavy atom. The van der Waals surface area contributed by atoms with Gasteiger partial charge < -0.3 is 4.65 Å². The highest BCUT2D eigenvalue weighted by Crippen LogP contribution is 2.32. The predicted molar refractivity (Wildman–Crippen MR) is 86.9 cm³/mol. The highest BCUT2D eigenvalue weighted by atomic mass is 16.5. The molecule has 2 aromatic rings. The molecular formula is C16H25BN2O. The monoisotopic (exact) mass is 272 g/mol. The van der Waals surface area contributed by atoms with Crippen LogP contribution in [-0.2, 0) is 11.7 Å². The van der Waals surface area contributed by atoms with E-state index in [9.17, 15) is 0 Å². The fourth-order valence-corrected chi connectivity index (χ4v) is 2.05. The first-order valence-electron chi connectivity index (χ1n) is 7.18. The van der Waals surface area contributed by atoms with E-state index in [1.807, 2.05) is 18.7 Å². The molecule has 2 rings (SSSR count).